The average Bonchev–Trinajstić information content (AvgIpc) is 2.67. The molecule has 0 aromatic carbocycles. The van der Waals surface area contributed by atoms with Crippen LogP contribution in [0.2, 0.25) is 0 Å². The minimum atomic E-state index is 0.136. The number of thiazole rings is 1. The summed E-state index contributed by atoms with van der Waals surface area (Å²) in [6.45, 7) is 9.50. The van der Waals surface area contributed by atoms with Gasteiger partial charge in [-0.2, -0.15) is 0 Å². The van der Waals surface area contributed by atoms with E-state index < -0.39 is 0 Å². The number of nitrogens with one attached hydrogen (secondary N) is 1. The molecule has 0 atom stereocenters. The molecule has 2 heterocycles. The zero-order valence-corrected chi connectivity index (χ0v) is 12.8. The first kappa shape index (κ1) is 14.2. The van der Waals surface area contributed by atoms with Crippen LogP contribution in [0.4, 0.5) is 0 Å². The van der Waals surface area contributed by atoms with Crippen LogP contribution >= 0.6 is 11.3 Å². The van der Waals surface area contributed by atoms with Crippen molar-refractivity contribution < 1.29 is 0 Å². The van der Waals surface area contributed by atoms with E-state index in [9.17, 15) is 0 Å². The largest absolute Gasteiger partial charge is 0.307 e. The van der Waals surface area contributed by atoms with Crippen molar-refractivity contribution in [2.75, 3.05) is 0 Å². The van der Waals surface area contributed by atoms with E-state index in [0.717, 1.165) is 29.4 Å². The molecule has 2 aromatic rings. The summed E-state index contributed by atoms with van der Waals surface area (Å²) in [5.74, 6) is 0. The molecule has 0 saturated carbocycles. The van der Waals surface area contributed by atoms with Crippen LogP contribution < -0.4 is 5.32 Å². The number of aromatic nitrogens is 2. The summed E-state index contributed by atoms with van der Waals surface area (Å²) in [6, 6.07) is 6.00. The fourth-order valence-electron chi connectivity index (χ4n) is 1.73. The van der Waals surface area contributed by atoms with Crippen molar-refractivity contribution in [1.29, 1.82) is 0 Å². The zero-order chi connectivity index (χ0) is 13.9. The lowest BCUT2D eigenvalue weighted by molar-refractivity contribution is 0.425. The molecule has 0 radical (unpaired) electrons. The molecule has 0 bridgehead atoms. The molecule has 4 heteroatoms. The van der Waals surface area contributed by atoms with E-state index in [2.05, 4.69) is 43.0 Å². The molecule has 0 aliphatic rings. The number of rotatable bonds is 4. The molecule has 0 aliphatic heterocycles. The van der Waals surface area contributed by atoms with Crippen LogP contribution in [0.5, 0.6) is 0 Å². The van der Waals surface area contributed by atoms with Crippen molar-refractivity contribution in [3.05, 3.63) is 45.7 Å². The summed E-state index contributed by atoms with van der Waals surface area (Å²) in [7, 11) is 0. The van der Waals surface area contributed by atoms with Crippen LogP contribution in [-0.2, 0) is 13.0 Å². The SMILES string of the molecule is Cc1nc(Cc2ccccn2)sc1CNC(C)(C)C. The monoisotopic (exact) mass is 275 g/mol. The van der Waals surface area contributed by atoms with Gasteiger partial charge >= 0.3 is 0 Å². The predicted molar refractivity (Wildman–Crippen MR) is 80.5 cm³/mol. The van der Waals surface area contributed by atoms with Crippen LogP contribution in [0.1, 0.15) is 42.0 Å². The van der Waals surface area contributed by atoms with Gasteiger partial charge in [-0.1, -0.05) is 6.07 Å². The number of hydrogen-bond donors (Lipinski definition) is 1. The van der Waals surface area contributed by atoms with Gasteiger partial charge in [0.15, 0.2) is 0 Å². The van der Waals surface area contributed by atoms with Crippen molar-refractivity contribution in [3.8, 4) is 0 Å². The molecule has 102 valence electrons. The highest BCUT2D eigenvalue weighted by atomic mass is 32.1. The first-order valence-corrected chi connectivity index (χ1v) is 7.36. The van der Waals surface area contributed by atoms with Gasteiger partial charge < -0.3 is 5.32 Å². The first-order chi connectivity index (χ1) is 8.94. The molecule has 0 fully saturated rings. The maximum absolute atomic E-state index is 4.65. The Morgan fingerprint density at radius 2 is 2.05 bits per heavy atom. The molecular formula is C15H21N3S. The van der Waals surface area contributed by atoms with E-state index in [1.165, 1.54) is 4.88 Å². The average molecular weight is 275 g/mol. The van der Waals surface area contributed by atoms with Gasteiger partial charge in [-0.3, -0.25) is 4.98 Å². The Morgan fingerprint density at radius 3 is 2.68 bits per heavy atom. The molecule has 0 aliphatic carbocycles. The van der Waals surface area contributed by atoms with E-state index in [-0.39, 0.29) is 5.54 Å². The van der Waals surface area contributed by atoms with Crippen LogP contribution in [0, 0.1) is 6.92 Å². The van der Waals surface area contributed by atoms with E-state index in [1.54, 1.807) is 11.3 Å². The summed E-state index contributed by atoms with van der Waals surface area (Å²) in [6.07, 6.45) is 2.65. The highest BCUT2D eigenvalue weighted by Gasteiger charge is 2.13. The Bertz CT molecular complexity index is 526. The van der Waals surface area contributed by atoms with Crippen molar-refractivity contribution >= 4 is 11.3 Å². The zero-order valence-electron chi connectivity index (χ0n) is 12.0. The van der Waals surface area contributed by atoms with Gasteiger partial charge in [-0.15, -0.1) is 11.3 Å². The Hall–Kier alpha value is -1.26. The fraction of sp³-hybridized carbons (Fsp3) is 0.467. The highest BCUT2D eigenvalue weighted by molar-refractivity contribution is 7.11. The maximum atomic E-state index is 4.65. The topological polar surface area (TPSA) is 37.8 Å². The summed E-state index contributed by atoms with van der Waals surface area (Å²) < 4.78 is 0. The van der Waals surface area contributed by atoms with Gasteiger partial charge in [0, 0.05) is 35.3 Å². The molecule has 19 heavy (non-hydrogen) atoms. The lowest BCUT2D eigenvalue weighted by atomic mass is 10.1. The normalized spacial score (nSPS) is 11.8. The smallest absolute Gasteiger partial charge is 0.0991 e. The van der Waals surface area contributed by atoms with Gasteiger partial charge in [0.1, 0.15) is 0 Å². The molecule has 3 nitrogen and oxygen atoms in total. The van der Waals surface area contributed by atoms with E-state index in [4.69, 9.17) is 0 Å². The Kier molecular flexibility index (Phi) is 4.32. The second kappa shape index (κ2) is 5.80. The molecule has 0 saturated heterocycles. The fourth-order valence-corrected chi connectivity index (χ4v) is 2.76. The molecule has 0 amide bonds. The first-order valence-electron chi connectivity index (χ1n) is 6.54. The standard InChI is InChI=1S/C15H21N3S/c1-11-13(10-17-15(2,3)4)19-14(18-11)9-12-7-5-6-8-16-12/h5-8,17H,9-10H2,1-4H3. The quantitative estimate of drug-likeness (QED) is 0.930. The van der Waals surface area contributed by atoms with E-state index in [1.807, 2.05) is 24.4 Å². The van der Waals surface area contributed by atoms with Crippen molar-refractivity contribution in [3.63, 3.8) is 0 Å². The molecule has 2 rings (SSSR count). The van der Waals surface area contributed by atoms with Gasteiger partial charge in [-0.05, 0) is 39.8 Å². The minimum Gasteiger partial charge on any atom is -0.307 e. The number of aryl methyl sites for hydroxylation is 1. The Balaban J connectivity index is 2.04. The third-order valence-corrected chi connectivity index (χ3v) is 3.93. The van der Waals surface area contributed by atoms with Crippen LogP contribution in [0.3, 0.4) is 0 Å². The van der Waals surface area contributed by atoms with Crippen molar-refractivity contribution in [1.82, 2.24) is 15.3 Å². The predicted octanol–water partition coefficient (Wildman–Crippen LogP) is 3.33. The van der Waals surface area contributed by atoms with Crippen molar-refractivity contribution in [2.45, 2.75) is 46.2 Å². The van der Waals surface area contributed by atoms with Crippen LogP contribution in [0.25, 0.3) is 0 Å². The van der Waals surface area contributed by atoms with Gasteiger partial charge in [0.2, 0.25) is 0 Å². The van der Waals surface area contributed by atoms with Gasteiger partial charge in [-0.25, -0.2) is 4.98 Å². The molecule has 2 aromatic heterocycles. The number of hydrogen-bond acceptors (Lipinski definition) is 4. The van der Waals surface area contributed by atoms with Crippen LogP contribution in [0.15, 0.2) is 24.4 Å². The third-order valence-electron chi connectivity index (χ3n) is 2.77. The summed E-state index contributed by atoms with van der Waals surface area (Å²) in [5, 5.41) is 4.65. The second-order valence-corrected chi connectivity index (χ2v) is 6.89. The summed E-state index contributed by atoms with van der Waals surface area (Å²) in [4.78, 5) is 10.3. The summed E-state index contributed by atoms with van der Waals surface area (Å²) >= 11 is 1.78. The number of pyridine rings is 1. The number of nitrogens with zero attached hydrogens (tertiary/aromatic N) is 2. The molecule has 0 unspecified atom stereocenters. The van der Waals surface area contributed by atoms with Gasteiger partial charge in [0.05, 0.1) is 10.7 Å². The van der Waals surface area contributed by atoms with E-state index in [0.29, 0.717) is 0 Å². The lowest BCUT2D eigenvalue weighted by Crippen LogP contribution is -2.34. The minimum absolute atomic E-state index is 0.136. The van der Waals surface area contributed by atoms with Gasteiger partial charge in [0.25, 0.3) is 0 Å². The maximum Gasteiger partial charge on any atom is 0.0991 e. The molecule has 1 N–H and O–H groups in total. The lowest BCUT2D eigenvalue weighted by Gasteiger charge is -2.19. The highest BCUT2D eigenvalue weighted by Crippen LogP contribution is 2.20. The van der Waals surface area contributed by atoms with Crippen molar-refractivity contribution in [2.24, 2.45) is 0 Å². The molecule has 0 spiro atoms. The third kappa shape index (κ3) is 4.40. The molecular weight excluding hydrogens is 254 g/mol. The van der Waals surface area contributed by atoms with E-state index >= 15 is 0 Å². The Morgan fingerprint density at radius 1 is 1.26 bits per heavy atom. The van der Waals surface area contributed by atoms with Crippen LogP contribution in [-0.4, -0.2) is 15.5 Å². The second-order valence-electron chi connectivity index (χ2n) is 5.72. The summed E-state index contributed by atoms with van der Waals surface area (Å²) in [5.41, 5.74) is 2.34. The Labute approximate surface area is 119 Å².